The van der Waals surface area contributed by atoms with Crippen molar-refractivity contribution in [3.63, 3.8) is 0 Å². The number of carboxylic acid groups (broad SMARTS) is 1. The molecular weight excluding hydrogens is 517 g/mol. The van der Waals surface area contributed by atoms with E-state index in [4.69, 9.17) is 0 Å². The van der Waals surface area contributed by atoms with Crippen LogP contribution in [0.3, 0.4) is 0 Å². The maximum atomic E-state index is 12.8. The number of β-lactam (4-membered cyclic amide) rings is 1. The van der Waals surface area contributed by atoms with Gasteiger partial charge in [-0.05, 0) is 22.9 Å². The van der Waals surface area contributed by atoms with E-state index in [-0.39, 0.29) is 23.9 Å². The predicted octanol–water partition coefficient (Wildman–Crippen LogP) is 2.96. The number of fused-ring (bicyclic) bond motifs is 1. The van der Waals surface area contributed by atoms with Crippen molar-refractivity contribution < 1.29 is 24.3 Å². The lowest BCUT2D eigenvalue weighted by Crippen LogP contribution is -2.70. The Morgan fingerprint density at radius 3 is 2.68 bits per heavy atom. The van der Waals surface area contributed by atoms with Crippen molar-refractivity contribution in [3.8, 4) is 0 Å². The average Bonchev–Trinajstić information content (AvgIpc) is 3.59. The fourth-order valence-corrected chi connectivity index (χ4v) is 7.28. The summed E-state index contributed by atoms with van der Waals surface area (Å²) in [6, 6.07) is 6.40. The Bertz CT molecular complexity index is 1300. The number of hydrogen-bond donors (Lipinski definition) is 3. The largest absolute Gasteiger partial charge is 0.477 e. The molecule has 0 radical (unpaired) electrons. The van der Waals surface area contributed by atoms with Crippen molar-refractivity contribution >= 4 is 80.2 Å². The van der Waals surface area contributed by atoms with E-state index in [1.165, 1.54) is 45.5 Å². The summed E-state index contributed by atoms with van der Waals surface area (Å²) in [4.78, 5) is 57.0. The number of anilines is 1. The molecule has 9 nitrogen and oxygen atoms in total. The lowest BCUT2D eigenvalue weighted by molar-refractivity contribution is -0.150. The predicted molar refractivity (Wildman–Crippen MR) is 132 cm³/mol. The molecule has 0 bridgehead atoms. The fourth-order valence-electron chi connectivity index (χ4n) is 3.64. The molecule has 5 heterocycles. The molecule has 0 aromatic carbocycles. The number of nitrogens with one attached hydrogen (secondary N) is 2. The third kappa shape index (κ3) is 4.27. The van der Waals surface area contributed by atoms with Crippen LogP contribution in [0.5, 0.6) is 0 Å². The quantitative estimate of drug-likeness (QED) is 0.399. The first kappa shape index (κ1) is 22.8. The number of thiazole rings is 1. The molecular formula is C21H16N4O5S4. The van der Waals surface area contributed by atoms with Crippen LogP contribution in [0.1, 0.15) is 19.4 Å². The van der Waals surface area contributed by atoms with E-state index in [9.17, 15) is 24.3 Å². The van der Waals surface area contributed by atoms with Gasteiger partial charge in [-0.3, -0.25) is 24.6 Å². The van der Waals surface area contributed by atoms with E-state index in [1.807, 2.05) is 17.5 Å². The molecule has 0 spiro atoms. The average molecular weight is 533 g/mol. The monoisotopic (exact) mass is 532 g/mol. The molecule has 3 aromatic rings. The molecule has 3 aromatic heterocycles. The molecule has 2 aliphatic rings. The van der Waals surface area contributed by atoms with Gasteiger partial charge in [-0.1, -0.05) is 23.5 Å². The fraction of sp³-hybridized carbons (Fsp3) is 0.190. The highest BCUT2D eigenvalue weighted by molar-refractivity contribution is 8.00. The van der Waals surface area contributed by atoms with Gasteiger partial charge in [-0.25, -0.2) is 9.78 Å². The number of aliphatic carboxylic acids is 1. The molecule has 2 atom stereocenters. The maximum absolute atomic E-state index is 12.8. The van der Waals surface area contributed by atoms with Crippen LogP contribution in [0.2, 0.25) is 0 Å². The number of rotatable bonds is 7. The van der Waals surface area contributed by atoms with Crippen LogP contribution in [-0.4, -0.2) is 55.8 Å². The molecule has 5 rings (SSSR count). The van der Waals surface area contributed by atoms with Gasteiger partial charge < -0.3 is 10.4 Å². The van der Waals surface area contributed by atoms with Crippen molar-refractivity contribution in [3.05, 3.63) is 61.6 Å². The zero-order valence-electron chi connectivity index (χ0n) is 17.2. The summed E-state index contributed by atoms with van der Waals surface area (Å²) in [6.07, 6.45) is 1.67. The molecule has 2 unspecified atom stereocenters. The first-order chi connectivity index (χ1) is 16.4. The van der Waals surface area contributed by atoms with Gasteiger partial charge in [0.25, 0.3) is 11.8 Å². The minimum Gasteiger partial charge on any atom is -0.477 e. The van der Waals surface area contributed by atoms with Crippen molar-refractivity contribution in [1.29, 1.82) is 0 Å². The lowest BCUT2D eigenvalue weighted by atomic mass is 10.0. The Kier molecular flexibility index (Phi) is 6.25. The number of thiophene rings is 2. The Labute approximate surface area is 209 Å². The van der Waals surface area contributed by atoms with E-state index in [2.05, 4.69) is 15.6 Å². The van der Waals surface area contributed by atoms with E-state index in [1.54, 1.807) is 17.5 Å². The van der Waals surface area contributed by atoms with Crippen LogP contribution in [0.15, 0.2) is 46.9 Å². The molecule has 0 saturated carbocycles. The molecule has 3 N–H and O–H groups in total. The van der Waals surface area contributed by atoms with Gasteiger partial charge in [0.2, 0.25) is 5.91 Å². The number of amides is 3. The summed E-state index contributed by atoms with van der Waals surface area (Å²) in [5.41, 5.74) is 0.344. The highest BCUT2D eigenvalue weighted by atomic mass is 32.2. The second-order valence-corrected chi connectivity index (χ2v) is 11.4. The minimum atomic E-state index is -1.23. The zero-order chi connectivity index (χ0) is 23.8. The van der Waals surface area contributed by atoms with Crippen LogP contribution in [0.4, 0.5) is 5.13 Å². The van der Waals surface area contributed by atoms with Gasteiger partial charge in [0, 0.05) is 22.4 Å². The molecule has 0 aliphatic carbocycles. The smallest absolute Gasteiger partial charge is 0.353 e. The Morgan fingerprint density at radius 2 is 1.97 bits per heavy atom. The molecule has 1 saturated heterocycles. The molecule has 34 heavy (non-hydrogen) atoms. The summed E-state index contributed by atoms with van der Waals surface area (Å²) < 4.78 is 0. The SMILES string of the molecule is O=C(Cc1cccs1)NC1C(=O)N2C(C(=O)O)=C(c3cnc(NC(=O)c4cccs4)s3)CSC12. The number of carbonyl (C=O) groups excluding carboxylic acids is 3. The molecule has 13 heteroatoms. The van der Waals surface area contributed by atoms with E-state index < -0.39 is 23.3 Å². The van der Waals surface area contributed by atoms with Gasteiger partial charge in [-0.15, -0.1) is 34.4 Å². The third-order valence-electron chi connectivity index (χ3n) is 5.17. The molecule has 3 amide bonds. The summed E-state index contributed by atoms with van der Waals surface area (Å²) in [7, 11) is 0. The second-order valence-electron chi connectivity index (χ2n) is 7.30. The van der Waals surface area contributed by atoms with Crippen LogP contribution in [0.25, 0.3) is 5.57 Å². The Hall–Kier alpha value is -3.00. The molecule has 2 aliphatic heterocycles. The van der Waals surface area contributed by atoms with Gasteiger partial charge in [0.15, 0.2) is 5.13 Å². The normalized spacial score (nSPS) is 19.4. The van der Waals surface area contributed by atoms with Crippen molar-refractivity contribution in [2.75, 3.05) is 11.1 Å². The van der Waals surface area contributed by atoms with Crippen molar-refractivity contribution in [2.45, 2.75) is 17.8 Å². The summed E-state index contributed by atoms with van der Waals surface area (Å²) in [5, 5.41) is 18.9. The number of carboxylic acids is 1. The number of aromatic nitrogens is 1. The van der Waals surface area contributed by atoms with Crippen molar-refractivity contribution in [2.24, 2.45) is 0 Å². The van der Waals surface area contributed by atoms with Crippen LogP contribution in [0, 0.1) is 0 Å². The Balaban J connectivity index is 1.32. The first-order valence-electron chi connectivity index (χ1n) is 9.96. The zero-order valence-corrected chi connectivity index (χ0v) is 20.5. The lowest BCUT2D eigenvalue weighted by Gasteiger charge is -2.49. The summed E-state index contributed by atoms with van der Waals surface area (Å²) >= 11 is 5.29. The van der Waals surface area contributed by atoms with Gasteiger partial charge in [-0.2, -0.15) is 0 Å². The van der Waals surface area contributed by atoms with Gasteiger partial charge >= 0.3 is 5.97 Å². The topological polar surface area (TPSA) is 129 Å². The minimum absolute atomic E-state index is 0.114. The highest BCUT2D eigenvalue weighted by Gasteiger charge is 2.54. The standard InChI is InChI=1S/C21H16N4O5S4/c26-14(7-10-3-1-5-31-10)23-15-18(28)25-16(20(29)30)11(9-33-19(15)25)13-8-22-21(34-13)24-17(27)12-4-2-6-32-12/h1-6,8,15,19H,7,9H2,(H,23,26)(H,29,30)(H,22,24,27). The first-order valence-corrected chi connectivity index (χ1v) is 13.6. The third-order valence-corrected chi connectivity index (χ3v) is 9.17. The van der Waals surface area contributed by atoms with Gasteiger partial charge in [0.05, 0.1) is 16.2 Å². The number of carbonyl (C=O) groups is 4. The van der Waals surface area contributed by atoms with Gasteiger partial charge in [0.1, 0.15) is 17.1 Å². The summed E-state index contributed by atoms with van der Waals surface area (Å²) in [5.74, 6) is -1.92. The highest BCUT2D eigenvalue weighted by Crippen LogP contribution is 2.44. The maximum Gasteiger partial charge on any atom is 0.353 e. The van der Waals surface area contributed by atoms with Crippen molar-refractivity contribution in [1.82, 2.24) is 15.2 Å². The van der Waals surface area contributed by atoms with E-state index in [0.29, 0.717) is 26.2 Å². The second kappa shape index (κ2) is 9.33. The van der Waals surface area contributed by atoms with Crippen LogP contribution in [-0.2, 0) is 20.8 Å². The number of hydrogen-bond acceptors (Lipinski definition) is 9. The number of nitrogens with zero attached hydrogens (tertiary/aromatic N) is 2. The van der Waals surface area contributed by atoms with E-state index in [0.717, 1.165) is 16.2 Å². The molecule has 174 valence electrons. The van der Waals surface area contributed by atoms with Crippen LogP contribution < -0.4 is 10.6 Å². The summed E-state index contributed by atoms with van der Waals surface area (Å²) in [6.45, 7) is 0. The van der Waals surface area contributed by atoms with E-state index >= 15 is 0 Å². The van der Waals surface area contributed by atoms with Crippen LogP contribution >= 0.6 is 45.8 Å². The number of thioether (sulfide) groups is 1. The molecule has 1 fully saturated rings. The Morgan fingerprint density at radius 1 is 1.18 bits per heavy atom.